The Bertz CT molecular complexity index is 693. The lowest BCUT2D eigenvalue weighted by molar-refractivity contribution is -0.160. The molecule has 142 valence electrons. The third kappa shape index (κ3) is 4.47. The lowest BCUT2D eigenvalue weighted by Crippen LogP contribution is -2.46. The van der Waals surface area contributed by atoms with Gasteiger partial charge in [0.15, 0.2) is 5.79 Å². The first-order valence-electron chi connectivity index (χ1n) is 9.46. The van der Waals surface area contributed by atoms with Gasteiger partial charge in [-0.05, 0) is 25.0 Å². The molecule has 1 saturated heterocycles. The van der Waals surface area contributed by atoms with Crippen LogP contribution < -0.4 is 0 Å². The second-order valence-corrected chi connectivity index (χ2v) is 7.47. The van der Waals surface area contributed by atoms with E-state index in [4.69, 9.17) is 18.9 Å². The highest BCUT2D eigenvalue weighted by molar-refractivity contribution is 5.17. The summed E-state index contributed by atoms with van der Waals surface area (Å²) in [7, 11) is 0. The van der Waals surface area contributed by atoms with E-state index in [0.717, 1.165) is 11.1 Å². The minimum Gasteiger partial charge on any atom is -0.367 e. The largest absolute Gasteiger partial charge is 0.367 e. The van der Waals surface area contributed by atoms with Crippen molar-refractivity contribution < 1.29 is 18.9 Å². The van der Waals surface area contributed by atoms with E-state index in [9.17, 15) is 0 Å². The summed E-state index contributed by atoms with van der Waals surface area (Å²) in [6.07, 6.45) is 3.40. The topological polar surface area (TPSA) is 36.9 Å². The van der Waals surface area contributed by atoms with Gasteiger partial charge in [0, 0.05) is 0 Å². The molecule has 2 aliphatic rings. The molecule has 4 nitrogen and oxygen atoms in total. The molecule has 1 aliphatic carbocycles. The van der Waals surface area contributed by atoms with Gasteiger partial charge in [0.05, 0.1) is 13.2 Å². The summed E-state index contributed by atoms with van der Waals surface area (Å²) < 4.78 is 24.6. The van der Waals surface area contributed by atoms with Gasteiger partial charge >= 0.3 is 0 Å². The van der Waals surface area contributed by atoms with Crippen molar-refractivity contribution in [2.75, 3.05) is 0 Å². The number of rotatable bonds is 6. The molecule has 4 heteroatoms. The zero-order valence-electron chi connectivity index (χ0n) is 15.8. The lowest BCUT2D eigenvalue weighted by Gasteiger charge is -2.32. The van der Waals surface area contributed by atoms with Gasteiger partial charge in [-0.2, -0.15) is 0 Å². The van der Waals surface area contributed by atoms with Gasteiger partial charge in [-0.15, -0.1) is 0 Å². The fourth-order valence-corrected chi connectivity index (χ4v) is 3.60. The Morgan fingerprint density at radius 2 is 1.11 bits per heavy atom. The van der Waals surface area contributed by atoms with E-state index in [1.807, 2.05) is 62.4 Å². The number of hydrogen-bond donors (Lipinski definition) is 0. The van der Waals surface area contributed by atoms with Crippen LogP contribution in [0, 0.1) is 0 Å². The van der Waals surface area contributed by atoms with Crippen LogP contribution in [0.4, 0.5) is 0 Å². The maximum Gasteiger partial charge on any atom is 0.164 e. The van der Waals surface area contributed by atoms with Crippen LogP contribution in [0.25, 0.3) is 0 Å². The molecular formula is C23H26O4. The summed E-state index contributed by atoms with van der Waals surface area (Å²) in [5, 5.41) is 0. The van der Waals surface area contributed by atoms with Crippen LogP contribution in [0.3, 0.4) is 0 Å². The fraction of sp³-hybridized carbons (Fsp3) is 0.391. The van der Waals surface area contributed by atoms with Gasteiger partial charge in [0.1, 0.15) is 24.4 Å². The van der Waals surface area contributed by atoms with E-state index in [2.05, 4.69) is 24.3 Å². The first-order valence-corrected chi connectivity index (χ1v) is 9.46. The molecule has 0 amide bonds. The Morgan fingerprint density at radius 3 is 1.52 bits per heavy atom. The molecule has 0 saturated carbocycles. The molecule has 27 heavy (non-hydrogen) atoms. The predicted octanol–water partition coefficient (Wildman–Crippen LogP) is 4.25. The van der Waals surface area contributed by atoms with Crippen LogP contribution in [0.15, 0.2) is 72.8 Å². The monoisotopic (exact) mass is 366 g/mol. The van der Waals surface area contributed by atoms with Crippen molar-refractivity contribution in [1.29, 1.82) is 0 Å². The first kappa shape index (κ1) is 18.4. The smallest absolute Gasteiger partial charge is 0.164 e. The molecule has 2 aromatic rings. The third-order valence-electron chi connectivity index (χ3n) is 4.87. The molecule has 0 unspecified atom stereocenters. The van der Waals surface area contributed by atoms with Crippen LogP contribution in [0.2, 0.25) is 0 Å². The fourth-order valence-electron chi connectivity index (χ4n) is 3.60. The number of ether oxygens (including phenoxy) is 4. The maximum absolute atomic E-state index is 6.16. The van der Waals surface area contributed by atoms with E-state index in [-0.39, 0.29) is 24.4 Å². The molecule has 0 spiro atoms. The van der Waals surface area contributed by atoms with Crippen LogP contribution >= 0.6 is 0 Å². The minimum absolute atomic E-state index is 0.159. The molecule has 0 aromatic heterocycles. The normalized spacial score (nSPS) is 28.8. The highest BCUT2D eigenvalue weighted by atomic mass is 16.8. The SMILES string of the molecule is CC1(C)O[C@H]2[C@H](O1)[C@H](OCc1ccccc1)C=C[C@H]2OCc1ccccc1. The summed E-state index contributed by atoms with van der Waals surface area (Å²) in [6, 6.07) is 20.3. The Morgan fingerprint density at radius 1 is 0.704 bits per heavy atom. The third-order valence-corrected chi connectivity index (χ3v) is 4.87. The average Bonchev–Trinajstić information content (AvgIpc) is 3.02. The van der Waals surface area contributed by atoms with Crippen LogP contribution in [0.1, 0.15) is 25.0 Å². The zero-order chi connectivity index (χ0) is 18.7. The molecule has 0 bridgehead atoms. The van der Waals surface area contributed by atoms with Crippen LogP contribution in [-0.4, -0.2) is 30.2 Å². The molecule has 2 aromatic carbocycles. The van der Waals surface area contributed by atoms with Crippen LogP contribution in [0.5, 0.6) is 0 Å². The summed E-state index contributed by atoms with van der Waals surface area (Å²) in [5.74, 6) is -0.649. The number of hydrogen-bond acceptors (Lipinski definition) is 4. The zero-order valence-corrected chi connectivity index (χ0v) is 15.8. The second kappa shape index (κ2) is 7.95. The average molecular weight is 366 g/mol. The Kier molecular flexibility index (Phi) is 5.41. The highest BCUT2D eigenvalue weighted by Gasteiger charge is 2.50. The summed E-state index contributed by atoms with van der Waals surface area (Å²) >= 11 is 0. The molecule has 4 rings (SSSR count). The van der Waals surface area contributed by atoms with Crippen molar-refractivity contribution >= 4 is 0 Å². The van der Waals surface area contributed by atoms with E-state index in [1.165, 1.54) is 0 Å². The van der Waals surface area contributed by atoms with E-state index in [0.29, 0.717) is 13.2 Å². The van der Waals surface area contributed by atoms with Gasteiger partial charge < -0.3 is 18.9 Å². The Labute approximate surface area is 160 Å². The Balaban J connectivity index is 1.44. The number of fused-ring (bicyclic) bond motifs is 1. The van der Waals surface area contributed by atoms with Crippen molar-refractivity contribution in [1.82, 2.24) is 0 Å². The van der Waals surface area contributed by atoms with Crippen molar-refractivity contribution in [3.05, 3.63) is 83.9 Å². The van der Waals surface area contributed by atoms with Crippen LogP contribution in [-0.2, 0) is 32.2 Å². The molecule has 0 N–H and O–H groups in total. The summed E-state index contributed by atoms with van der Waals surface area (Å²) in [6.45, 7) is 4.96. The van der Waals surface area contributed by atoms with Gasteiger partial charge in [-0.3, -0.25) is 0 Å². The van der Waals surface area contributed by atoms with Crippen molar-refractivity contribution in [2.45, 2.75) is 57.3 Å². The van der Waals surface area contributed by atoms with E-state index >= 15 is 0 Å². The Hall–Kier alpha value is -1.98. The summed E-state index contributed by atoms with van der Waals surface area (Å²) in [5.41, 5.74) is 2.28. The molecule has 1 aliphatic heterocycles. The van der Waals surface area contributed by atoms with Crippen molar-refractivity contribution in [3.8, 4) is 0 Å². The minimum atomic E-state index is -0.649. The first-order chi connectivity index (χ1) is 13.1. The lowest BCUT2D eigenvalue weighted by atomic mass is 9.96. The van der Waals surface area contributed by atoms with Gasteiger partial charge in [0.2, 0.25) is 0 Å². The quantitative estimate of drug-likeness (QED) is 0.717. The van der Waals surface area contributed by atoms with E-state index < -0.39 is 5.79 Å². The second-order valence-electron chi connectivity index (χ2n) is 7.47. The van der Waals surface area contributed by atoms with Gasteiger partial charge in [0.25, 0.3) is 0 Å². The number of benzene rings is 2. The molecule has 1 heterocycles. The summed E-state index contributed by atoms with van der Waals surface area (Å²) in [4.78, 5) is 0. The highest BCUT2D eigenvalue weighted by Crippen LogP contribution is 2.37. The predicted molar refractivity (Wildman–Crippen MR) is 103 cm³/mol. The van der Waals surface area contributed by atoms with Gasteiger partial charge in [-0.25, -0.2) is 0 Å². The maximum atomic E-state index is 6.16. The standard InChI is InChI=1S/C23H26O4/c1-23(2)26-21-19(24-15-17-9-5-3-6-10-17)13-14-20(22(21)27-23)25-16-18-11-7-4-8-12-18/h3-14,19-22H,15-16H2,1-2H3/t19-,20-,21-,22-/m1/s1. The molecule has 0 radical (unpaired) electrons. The van der Waals surface area contributed by atoms with Crippen molar-refractivity contribution in [2.24, 2.45) is 0 Å². The molecule has 4 atom stereocenters. The van der Waals surface area contributed by atoms with E-state index in [1.54, 1.807) is 0 Å². The van der Waals surface area contributed by atoms with Gasteiger partial charge in [-0.1, -0.05) is 72.8 Å². The van der Waals surface area contributed by atoms with Crippen molar-refractivity contribution in [3.63, 3.8) is 0 Å². The molecular weight excluding hydrogens is 340 g/mol. The molecule has 1 fully saturated rings.